The minimum absolute atomic E-state index is 0.0194. The van der Waals surface area contributed by atoms with E-state index in [-0.39, 0.29) is 6.42 Å². The van der Waals surface area contributed by atoms with Crippen molar-refractivity contribution >= 4 is 34.5 Å². The predicted octanol–water partition coefficient (Wildman–Crippen LogP) is 3.47. The molecule has 7 heteroatoms. The van der Waals surface area contributed by atoms with Crippen LogP contribution in [-0.4, -0.2) is 22.3 Å². The van der Waals surface area contributed by atoms with Crippen LogP contribution in [0.25, 0.3) is 11.1 Å². The Morgan fingerprint density at radius 3 is 2.72 bits per heavy atom. The molecule has 126 valence electrons. The quantitative estimate of drug-likeness (QED) is 0.466. The number of anilines is 2. The van der Waals surface area contributed by atoms with Gasteiger partial charge in [-0.15, -0.1) is 11.3 Å². The van der Waals surface area contributed by atoms with Crippen LogP contribution in [0.2, 0.25) is 0 Å². The third-order valence-electron chi connectivity index (χ3n) is 3.42. The summed E-state index contributed by atoms with van der Waals surface area (Å²) < 4.78 is 0. The molecular formula is C18H16N4O2S. The second-order valence-electron chi connectivity index (χ2n) is 5.34. The number of benzene rings is 2. The third-order valence-corrected chi connectivity index (χ3v) is 4.19. The SMILES string of the molecule is Nc1csc(NN=Cc2ccc(-c3cccc(CC(=O)O)c3)cc2)n1. The van der Waals surface area contributed by atoms with Gasteiger partial charge in [-0.25, -0.2) is 4.98 Å². The van der Waals surface area contributed by atoms with E-state index in [2.05, 4.69) is 15.5 Å². The van der Waals surface area contributed by atoms with E-state index in [9.17, 15) is 4.79 Å². The van der Waals surface area contributed by atoms with Gasteiger partial charge < -0.3 is 10.8 Å². The summed E-state index contributed by atoms with van der Waals surface area (Å²) in [6, 6.07) is 15.4. The molecular weight excluding hydrogens is 336 g/mol. The Morgan fingerprint density at radius 1 is 1.24 bits per heavy atom. The summed E-state index contributed by atoms with van der Waals surface area (Å²) in [5.74, 6) is -0.365. The number of nitrogen functional groups attached to an aromatic ring is 1. The first-order valence-corrected chi connectivity index (χ1v) is 8.39. The van der Waals surface area contributed by atoms with E-state index in [1.165, 1.54) is 11.3 Å². The Balaban J connectivity index is 1.68. The highest BCUT2D eigenvalue weighted by Crippen LogP contribution is 2.21. The second kappa shape index (κ2) is 7.59. The maximum atomic E-state index is 10.8. The van der Waals surface area contributed by atoms with Crippen molar-refractivity contribution in [3.8, 4) is 11.1 Å². The number of hydrazone groups is 1. The van der Waals surface area contributed by atoms with Crippen LogP contribution in [-0.2, 0) is 11.2 Å². The molecule has 0 fully saturated rings. The van der Waals surface area contributed by atoms with Crippen LogP contribution in [0.5, 0.6) is 0 Å². The summed E-state index contributed by atoms with van der Waals surface area (Å²) in [4.78, 5) is 14.9. The van der Waals surface area contributed by atoms with Crippen molar-refractivity contribution in [3.63, 3.8) is 0 Å². The van der Waals surface area contributed by atoms with Crippen molar-refractivity contribution in [1.82, 2.24) is 4.98 Å². The number of rotatable bonds is 6. The van der Waals surface area contributed by atoms with E-state index in [4.69, 9.17) is 10.8 Å². The lowest BCUT2D eigenvalue weighted by Gasteiger charge is -2.05. The van der Waals surface area contributed by atoms with Gasteiger partial charge in [0.2, 0.25) is 5.13 Å². The number of nitrogens with two attached hydrogens (primary N) is 1. The fourth-order valence-electron chi connectivity index (χ4n) is 2.30. The number of thiazole rings is 1. The van der Waals surface area contributed by atoms with Crippen molar-refractivity contribution < 1.29 is 9.90 Å². The molecule has 0 unspecified atom stereocenters. The average molecular weight is 352 g/mol. The molecule has 0 radical (unpaired) electrons. The molecule has 6 nitrogen and oxygen atoms in total. The molecule has 0 aliphatic carbocycles. The van der Waals surface area contributed by atoms with Gasteiger partial charge in [0.25, 0.3) is 0 Å². The van der Waals surface area contributed by atoms with Gasteiger partial charge in [-0.3, -0.25) is 10.2 Å². The van der Waals surface area contributed by atoms with Crippen molar-refractivity contribution in [3.05, 3.63) is 65.0 Å². The second-order valence-corrected chi connectivity index (χ2v) is 6.20. The normalized spacial score (nSPS) is 10.9. The van der Waals surface area contributed by atoms with Crippen LogP contribution in [0.4, 0.5) is 10.9 Å². The van der Waals surface area contributed by atoms with Gasteiger partial charge in [0.15, 0.2) is 0 Å². The number of nitrogens with one attached hydrogen (secondary N) is 1. The minimum Gasteiger partial charge on any atom is -0.481 e. The molecule has 4 N–H and O–H groups in total. The molecule has 25 heavy (non-hydrogen) atoms. The molecule has 0 aliphatic heterocycles. The smallest absolute Gasteiger partial charge is 0.307 e. The van der Waals surface area contributed by atoms with Crippen molar-refractivity contribution in [2.45, 2.75) is 6.42 Å². The molecule has 0 saturated carbocycles. The lowest BCUT2D eigenvalue weighted by atomic mass is 10.0. The van der Waals surface area contributed by atoms with E-state index in [0.29, 0.717) is 10.9 Å². The summed E-state index contributed by atoms with van der Waals surface area (Å²) in [6.45, 7) is 0. The molecule has 3 rings (SSSR count). The predicted molar refractivity (Wildman–Crippen MR) is 101 cm³/mol. The number of carbonyl (C=O) groups is 1. The van der Waals surface area contributed by atoms with E-state index >= 15 is 0 Å². The van der Waals surface area contributed by atoms with Crippen LogP contribution in [0.15, 0.2) is 59.0 Å². The summed E-state index contributed by atoms with van der Waals surface area (Å²) in [7, 11) is 0. The first-order valence-electron chi connectivity index (χ1n) is 7.51. The lowest BCUT2D eigenvalue weighted by Crippen LogP contribution is -1.99. The summed E-state index contributed by atoms with van der Waals surface area (Å²) >= 11 is 1.39. The number of carboxylic acids is 1. The summed E-state index contributed by atoms with van der Waals surface area (Å²) in [5.41, 5.74) is 12.1. The Labute approximate surface area is 148 Å². The highest BCUT2D eigenvalue weighted by atomic mass is 32.1. The van der Waals surface area contributed by atoms with Gasteiger partial charge in [0.05, 0.1) is 12.6 Å². The molecule has 0 saturated heterocycles. The van der Waals surface area contributed by atoms with Crippen LogP contribution in [0, 0.1) is 0 Å². The highest BCUT2D eigenvalue weighted by Gasteiger charge is 2.03. The monoisotopic (exact) mass is 352 g/mol. The molecule has 0 amide bonds. The molecule has 3 aromatic rings. The lowest BCUT2D eigenvalue weighted by molar-refractivity contribution is -0.136. The number of aromatic nitrogens is 1. The number of hydrogen-bond donors (Lipinski definition) is 3. The van der Waals surface area contributed by atoms with E-state index in [1.807, 2.05) is 48.5 Å². The average Bonchev–Trinajstić information content (AvgIpc) is 3.00. The molecule has 0 aliphatic rings. The van der Waals surface area contributed by atoms with Crippen molar-refractivity contribution in [2.75, 3.05) is 11.2 Å². The van der Waals surface area contributed by atoms with E-state index in [1.54, 1.807) is 11.6 Å². The Kier molecular flexibility index (Phi) is 5.06. The van der Waals surface area contributed by atoms with Crippen LogP contribution in [0.1, 0.15) is 11.1 Å². The Morgan fingerprint density at radius 2 is 2.04 bits per heavy atom. The van der Waals surface area contributed by atoms with Crippen molar-refractivity contribution in [2.24, 2.45) is 5.10 Å². The zero-order chi connectivity index (χ0) is 17.6. The molecule has 2 aromatic carbocycles. The summed E-state index contributed by atoms with van der Waals surface area (Å²) in [6.07, 6.45) is 1.72. The number of hydrogen-bond acceptors (Lipinski definition) is 6. The van der Waals surface area contributed by atoms with Crippen LogP contribution >= 0.6 is 11.3 Å². The summed E-state index contributed by atoms with van der Waals surface area (Å²) in [5, 5.41) is 15.4. The van der Waals surface area contributed by atoms with Crippen LogP contribution in [0.3, 0.4) is 0 Å². The Hall–Kier alpha value is -3.19. The number of nitrogens with zero attached hydrogens (tertiary/aromatic N) is 2. The first-order chi connectivity index (χ1) is 12.1. The van der Waals surface area contributed by atoms with Gasteiger partial charge in [-0.2, -0.15) is 5.10 Å². The maximum Gasteiger partial charge on any atom is 0.307 e. The van der Waals surface area contributed by atoms with Crippen molar-refractivity contribution in [1.29, 1.82) is 0 Å². The van der Waals surface area contributed by atoms with Crippen LogP contribution < -0.4 is 11.2 Å². The zero-order valence-corrected chi connectivity index (χ0v) is 14.0. The molecule has 0 atom stereocenters. The molecule has 0 spiro atoms. The molecule has 0 bridgehead atoms. The van der Waals surface area contributed by atoms with Gasteiger partial charge in [0.1, 0.15) is 5.82 Å². The first kappa shape index (κ1) is 16.7. The third kappa shape index (κ3) is 4.65. The van der Waals surface area contributed by atoms with Gasteiger partial charge in [-0.1, -0.05) is 48.5 Å². The molecule has 1 heterocycles. The van der Waals surface area contributed by atoms with E-state index in [0.717, 1.165) is 22.3 Å². The number of aliphatic carboxylic acids is 1. The Bertz CT molecular complexity index is 903. The van der Waals surface area contributed by atoms with Gasteiger partial charge >= 0.3 is 5.97 Å². The number of carboxylic acid groups (broad SMARTS) is 1. The highest BCUT2D eigenvalue weighted by molar-refractivity contribution is 7.14. The fraction of sp³-hybridized carbons (Fsp3) is 0.0556. The maximum absolute atomic E-state index is 10.8. The van der Waals surface area contributed by atoms with Gasteiger partial charge in [-0.05, 0) is 22.3 Å². The van der Waals surface area contributed by atoms with Gasteiger partial charge in [0, 0.05) is 5.38 Å². The molecule has 1 aromatic heterocycles. The standard InChI is InChI=1S/C18H16N4O2S/c19-16-11-25-18(21-16)22-20-10-12-4-6-14(7-5-12)15-3-1-2-13(8-15)9-17(23)24/h1-8,10-11H,9,19H2,(H,21,22)(H,23,24). The van der Waals surface area contributed by atoms with E-state index < -0.39 is 5.97 Å². The largest absolute Gasteiger partial charge is 0.481 e. The topological polar surface area (TPSA) is 101 Å². The minimum atomic E-state index is -0.835. The zero-order valence-electron chi connectivity index (χ0n) is 13.2. The fourth-order valence-corrected chi connectivity index (χ4v) is 2.85.